The van der Waals surface area contributed by atoms with Gasteiger partial charge in [0, 0.05) is 50.9 Å². The molecular weight excluding hydrogens is 366 g/mol. The molecule has 0 spiro atoms. The van der Waals surface area contributed by atoms with E-state index < -0.39 is 0 Å². The molecule has 3 heterocycles. The highest BCUT2D eigenvalue weighted by Crippen LogP contribution is 2.33. The van der Waals surface area contributed by atoms with Crippen LogP contribution in [0.25, 0.3) is 10.9 Å². The van der Waals surface area contributed by atoms with Crippen molar-refractivity contribution >= 4 is 22.6 Å². The van der Waals surface area contributed by atoms with Gasteiger partial charge in [-0.1, -0.05) is 12.1 Å². The average Bonchev–Trinajstić information content (AvgIpc) is 3.24. The van der Waals surface area contributed by atoms with Gasteiger partial charge in [0.05, 0.1) is 24.4 Å². The molecule has 1 atom stereocenters. The number of fused-ring (bicyclic) bond motifs is 1. The van der Waals surface area contributed by atoms with Crippen LogP contribution in [0.4, 0.5) is 5.69 Å². The number of carbonyl (C=O) groups excluding carboxylic acids is 1. The number of anilines is 1. The van der Waals surface area contributed by atoms with Crippen LogP contribution >= 0.6 is 0 Å². The Morgan fingerprint density at radius 3 is 2.72 bits per heavy atom. The summed E-state index contributed by atoms with van der Waals surface area (Å²) in [6, 6.07) is 4.22. The maximum absolute atomic E-state index is 12.7. The number of nitrogens with zero attached hydrogens (tertiary/aromatic N) is 3. The lowest BCUT2D eigenvalue weighted by atomic mass is 10.0. The molecule has 0 N–H and O–H groups in total. The van der Waals surface area contributed by atoms with Crippen LogP contribution < -0.4 is 4.90 Å². The third kappa shape index (κ3) is 4.09. The highest BCUT2D eigenvalue weighted by atomic mass is 16.5. The molecule has 2 aliphatic rings. The Morgan fingerprint density at radius 2 is 2.03 bits per heavy atom. The predicted octanol–water partition coefficient (Wildman–Crippen LogP) is 3.19. The Kier molecular flexibility index (Phi) is 6.01. The number of pyridine rings is 1. The third-order valence-corrected chi connectivity index (χ3v) is 6.26. The van der Waals surface area contributed by atoms with Gasteiger partial charge in [0.25, 0.3) is 0 Å². The summed E-state index contributed by atoms with van der Waals surface area (Å²) in [7, 11) is 0. The molecule has 2 saturated heterocycles. The second-order valence-electron chi connectivity index (χ2n) is 8.16. The molecule has 4 rings (SSSR count). The van der Waals surface area contributed by atoms with Gasteiger partial charge in [0.1, 0.15) is 5.56 Å². The fourth-order valence-corrected chi connectivity index (χ4v) is 4.44. The highest BCUT2D eigenvalue weighted by Gasteiger charge is 2.27. The molecule has 156 valence electrons. The van der Waals surface area contributed by atoms with Crippen LogP contribution in [0.15, 0.2) is 18.3 Å². The van der Waals surface area contributed by atoms with Crippen molar-refractivity contribution in [1.29, 1.82) is 0 Å². The summed E-state index contributed by atoms with van der Waals surface area (Å²) >= 11 is 0. The van der Waals surface area contributed by atoms with Gasteiger partial charge in [-0.2, -0.15) is 0 Å². The number of aromatic nitrogens is 1. The van der Waals surface area contributed by atoms with E-state index >= 15 is 0 Å². The Hall–Kier alpha value is -2.18. The molecule has 2 aromatic rings. The normalized spacial score (nSPS) is 20.4. The van der Waals surface area contributed by atoms with Crippen molar-refractivity contribution in [2.75, 3.05) is 57.4 Å². The summed E-state index contributed by atoms with van der Waals surface area (Å²) in [5.74, 6) is 0.365. The van der Waals surface area contributed by atoms with E-state index in [4.69, 9.17) is 9.47 Å². The maximum atomic E-state index is 12.7. The fourth-order valence-electron chi connectivity index (χ4n) is 4.44. The lowest BCUT2D eigenvalue weighted by molar-refractivity contribution is 0.0526. The van der Waals surface area contributed by atoms with E-state index in [1.165, 1.54) is 17.5 Å². The summed E-state index contributed by atoms with van der Waals surface area (Å²) in [4.78, 5) is 22.2. The van der Waals surface area contributed by atoms with Crippen LogP contribution in [0.5, 0.6) is 0 Å². The number of benzene rings is 1. The molecule has 1 unspecified atom stereocenters. The minimum absolute atomic E-state index is 0.291. The smallest absolute Gasteiger partial charge is 0.341 e. The summed E-state index contributed by atoms with van der Waals surface area (Å²) < 4.78 is 10.9. The first-order chi connectivity index (χ1) is 14.1. The van der Waals surface area contributed by atoms with Crippen molar-refractivity contribution in [2.45, 2.75) is 27.2 Å². The summed E-state index contributed by atoms with van der Waals surface area (Å²) in [6.07, 6.45) is 2.87. The molecule has 0 radical (unpaired) electrons. The molecule has 6 nitrogen and oxygen atoms in total. The molecule has 1 aromatic carbocycles. The van der Waals surface area contributed by atoms with Crippen LogP contribution in [0.2, 0.25) is 0 Å². The largest absolute Gasteiger partial charge is 0.462 e. The van der Waals surface area contributed by atoms with E-state index in [1.54, 1.807) is 6.20 Å². The first kappa shape index (κ1) is 20.1. The third-order valence-electron chi connectivity index (χ3n) is 6.26. The van der Waals surface area contributed by atoms with Crippen molar-refractivity contribution in [2.24, 2.45) is 5.92 Å². The number of esters is 1. The van der Waals surface area contributed by atoms with Gasteiger partial charge in [0.15, 0.2) is 0 Å². The lowest BCUT2D eigenvalue weighted by Crippen LogP contribution is -2.48. The van der Waals surface area contributed by atoms with Crippen molar-refractivity contribution < 1.29 is 14.3 Å². The SMILES string of the molecule is CCOC(=O)c1cnc2c(C)c(C)ccc2c1N1CCN(CC2CCOC2)CC1. The number of carbonyl (C=O) groups is 1. The van der Waals surface area contributed by atoms with Crippen molar-refractivity contribution in [3.63, 3.8) is 0 Å². The molecule has 2 aliphatic heterocycles. The topological polar surface area (TPSA) is 54.9 Å². The number of ether oxygens (including phenoxy) is 2. The Bertz CT molecular complexity index is 885. The number of rotatable bonds is 5. The minimum Gasteiger partial charge on any atom is -0.462 e. The van der Waals surface area contributed by atoms with Gasteiger partial charge < -0.3 is 14.4 Å². The lowest BCUT2D eigenvalue weighted by Gasteiger charge is -2.38. The monoisotopic (exact) mass is 397 g/mol. The first-order valence-electron chi connectivity index (χ1n) is 10.7. The quantitative estimate of drug-likeness (QED) is 0.723. The molecule has 2 fully saturated rings. The highest BCUT2D eigenvalue weighted by molar-refractivity contribution is 6.06. The van der Waals surface area contributed by atoms with Crippen LogP contribution in [0.3, 0.4) is 0 Å². The average molecular weight is 398 g/mol. The van der Waals surface area contributed by atoms with Crippen LogP contribution in [-0.2, 0) is 9.47 Å². The second-order valence-corrected chi connectivity index (χ2v) is 8.16. The van der Waals surface area contributed by atoms with Gasteiger partial charge in [0.2, 0.25) is 0 Å². The molecule has 0 bridgehead atoms. The minimum atomic E-state index is -0.291. The Labute approximate surface area is 172 Å². The van der Waals surface area contributed by atoms with Gasteiger partial charge in [-0.3, -0.25) is 9.88 Å². The molecular formula is C23H31N3O3. The summed E-state index contributed by atoms with van der Waals surface area (Å²) in [6.45, 7) is 13.1. The van der Waals surface area contributed by atoms with Crippen LogP contribution in [0, 0.1) is 19.8 Å². The van der Waals surface area contributed by atoms with Crippen LogP contribution in [-0.4, -0.2) is 68.4 Å². The van der Waals surface area contributed by atoms with Gasteiger partial charge in [-0.05, 0) is 44.2 Å². The number of hydrogen-bond acceptors (Lipinski definition) is 6. The summed E-state index contributed by atoms with van der Waals surface area (Å²) in [5, 5.41) is 1.04. The van der Waals surface area contributed by atoms with Crippen molar-refractivity contribution in [1.82, 2.24) is 9.88 Å². The standard InChI is InChI=1S/C23H31N3O3/c1-4-29-23(27)20-13-24-21-17(3)16(2)5-6-19(21)22(20)26-10-8-25(9-11-26)14-18-7-12-28-15-18/h5-6,13,18H,4,7-12,14-15H2,1-3H3. The zero-order chi connectivity index (χ0) is 20.4. The van der Waals surface area contributed by atoms with E-state index in [1.807, 2.05) is 6.92 Å². The molecule has 1 aromatic heterocycles. The Morgan fingerprint density at radius 1 is 1.24 bits per heavy atom. The molecule has 29 heavy (non-hydrogen) atoms. The Balaban J connectivity index is 1.63. The van der Waals surface area contributed by atoms with Gasteiger partial charge >= 0.3 is 5.97 Å². The molecule has 0 saturated carbocycles. The van der Waals surface area contributed by atoms with E-state index in [2.05, 4.69) is 40.8 Å². The van der Waals surface area contributed by atoms with Gasteiger partial charge in [-0.15, -0.1) is 0 Å². The van der Waals surface area contributed by atoms with E-state index in [9.17, 15) is 4.79 Å². The number of hydrogen-bond donors (Lipinski definition) is 0. The summed E-state index contributed by atoms with van der Waals surface area (Å²) in [5.41, 5.74) is 4.89. The zero-order valence-corrected chi connectivity index (χ0v) is 17.7. The van der Waals surface area contributed by atoms with Crippen molar-refractivity contribution in [3.05, 3.63) is 35.0 Å². The number of aryl methyl sites for hydroxylation is 2. The fraction of sp³-hybridized carbons (Fsp3) is 0.565. The number of piperazine rings is 1. The molecule has 0 aliphatic carbocycles. The first-order valence-corrected chi connectivity index (χ1v) is 10.7. The van der Waals surface area contributed by atoms with Crippen molar-refractivity contribution in [3.8, 4) is 0 Å². The maximum Gasteiger partial charge on any atom is 0.341 e. The van der Waals surface area contributed by atoms with Gasteiger partial charge in [-0.25, -0.2) is 4.79 Å². The van der Waals surface area contributed by atoms with E-state index in [-0.39, 0.29) is 5.97 Å². The second kappa shape index (κ2) is 8.67. The molecule has 6 heteroatoms. The zero-order valence-electron chi connectivity index (χ0n) is 17.7. The predicted molar refractivity (Wildman–Crippen MR) is 115 cm³/mol. The van der Waals surface area contributed by atoms with E-state index in [0.717, 1.165) is 62.5 Å². The van der Waals surface area contributed by atoms with Crippen LogP contribution in [0.1, 0.15) is 34.8 Å². The van der Waals surface area contributed by atoms with E-state index in [0.29, 0.717) is 18.1 Å². The molecule has 0 amide bonds.